The quantitative estimate of drug-likeness (QED) is 0.867. The highest BCUT2D eigenvalue weighted by molar-refractivity contribution is 6.31. The molecule has 5 heteroatoms. The van der Waals surface area contributed by atoms with Gasteiger partial charge < -0.3 is 11.5 Å². The minimum absolute atomic E-state index is 0.571. The second kappa shape index (κ2) is 5.21. The Labute approximate surface area is 105 Å². The number of benzene rings is 1. The van der Waals surface area contributed by atoms with Gasteiger partial charge in [-0.15, -0.1) is 0 Å². The lowest BCUT2D eigenvalue weighted by molar-refractivity contribution is 0.697. The molecule has 2 aromatic rings. The van der Waals surface area contributed by atoms with Gasteiger partial charge in [0.05, 0.1) is 12.7 Å². The van der Waals surface area contributed by atoms with Crippen molar-refractivity contribution in [3.8, 4) is 0 Å². The number of anilines is 1. The van der Waals surface area contributed by atoms with Gasteiger partial charge in [-0.05, 0) is 24.6 Å². The molecule has 0 atom stereocenters. The average Bonchev–Trinajstić information content (AvgIpc) is 2.65. The predicted octanol–water partition coefficient (Wildman–Crippen LogP) is 1.67. The standard InChI is InChI=1S/C12H15ClN4/c13-11-4-2-1-3-10(11)8-17-12(15)9(5-6-14)7-16-17/h1-4,7H,5-6,8,14-15H2. The molecule has 0 bridgehead atoms. The summed E-state index contributed by atoms with van der Waals surface area (Å²) in [5, 5.41) is 4.97. The van der Waals surface area contributed by atoms with Gasteiger partial charge >= 0.3 is 0 Å². The van der Waals surface area contributed by atoms with Crippen molar-refractivity contribution in [3.05, 3.63) is 46.6 Å². The second-order valence-corrected chi connectivity index (χ2v) is 4.25. The molecule has 0 fully saturated rings. The van der Waals surface area contributed by atoms with E-state index in [9.17, 15) is 0 Å². The highest BCUT2D eigenvalue weighted by atomic mass is 35.5. The average molecular weight is 251 g/mol. The maximum absolute atomic E-state index is 6.09. The first-order chi connectivity index (χ1) is 8.22. The molecule has 17 heavy (non-hydrogen) atoms. The number of nitrogens with two attached hydrogens (primary N) is 2. The Balaban J connectivity index is 2.22. The molecule has 0 amide bonds. The summed E-state index contributed by atoms with van der Waals surface area (Å²) < 4.78 is 1.74. The van der Waals surface area contributed by atoms with Crippen molar-refractivity contribution in [3.63, 3.8) is 0 Å². The third-order valence-corrected chi connectivity index (χ3v) is 3.02. The number of nitrogens with zero attached hydrogens (tertiary/aromatic N) is 2. The van der Waals surface area contributed by atoms with Crippen LogP contribution in [0.15, 0.2) is 30.5 Å². The first-order valence-corrected chi connectivity index (χ1v) is 5.84. The number of halogens is 1. The molecule has 0 aliphatic rings. The van der Waals surface area contributed by atoms with Crippen LogP contribution >= 0.6 is 11.6 Å². The lowest BCUT2D eigenvalue weighted by atomic mass is 10.2. The third kappa shape index (κ3) is 2.60. The molecule has 1 aromatic heterocycles. The molecule has 4 N–H and O–H groups in total. The first-order valence-electron chi connectivity index (χ1n) is 5.46. The van der Waals surface area contributed by atoms with Gasteiger partial charge in [0.15, 0.2) is 0 Å². The predicted molar refractivity (Wildman–Crippen MR) is 70.0 cm³/mol. The van der Waals surface area contributed by atoms with Crippen LogP contribution in [0, 0.1) is 0 Å². The third-order valence-electron chi connectivity index (χ3n) is 2.65. The molecule has 2 rings (SSSR count). The molecule has 0 spiro atoms. The molecule has 0 aliphatic carbocycles. The van der Waals surface area contributed by atoms with E-state index in [0.29, 0.717) is 18.9 Å². The van der Waals surface area contributed by atoms with Gasteiger partial charge in [0.1, 0.15) is 5.82 Å². The van der Waals surface area contributed by atoms with Crippen molar-refractivity contribution >= 4 is 17.4 Å². The van der Waals surface area contributed by atoms with Crippen LogP contribution in [0.2, 0.25) is 5.02 Å². The Morgan fingerprint density at radius 3 is 2.71 bits per heavy atom. The monoisotopic (exact) mass is 250 g/mol. The summed E-state index contributed by atoms with van der Waals surface area (Å²) in [6.07, 6.45) is 2.51. The minimum Gasteiger partial charge on any atom is -0.384 e. The number of aromatic nitrogens is 2. The van der Waals surface area contributed by atoms with Crippen LogP contribution in [0.4, 0.5) is 5.82 Å². The largest absolute Gasteiger partial charge is 0.384 e. The summed E-state index contributed by atoms with van der Waals surface area (Å²) in [5.74, 6) is 0.662. The Hall–Kier alpha value is -1.52. The van der Waals surface area contributed by atoms with Gasteiger partial charge in [-0.2, -0.15) is 5.10 Å². The maximum atomic E-state index is 6.09. The van der Waals surface area contributed by atoms with E-state index < -0.39 is 0 Å². The number of rotatable bonds is 4. The van der Waals surface area contributed by atoms with Gasteiger partial charge in [0.25, 0.3) is 0 Å². The van der Waals surface area contributed by atoms with Crippen molar-refractivity contribution in [1.29, 1.82) is 0 Å². The number of nitrogen functional groups attached to an aromatic ring is 1. The molecule has 90 valence electrons. The van der Waals surface area contributed by atoms with Crippen LogP contribution in [0.1, 0.15) is 11.1 Å². The summed E-state index contributed by atoms with van der Waals surface area (Å²) in [6.45, 7) is 1.15. The molecule has 4 nitrogen and oxygen atoms in total. The van der Waals surface area contributed by atoms with Crippen LogP contribution in [0.5, 0.6) is 0 Å². The van der Waals surface area contributed by atoms with Crippen LogP contribution < -0.4 is 11.5 Å². The highest BCUT2D eigenvalue weighted by Crippen LogP contribution is 2.19. The fourth-order valence-corrected chi connectivity index (χ4v) is 1.89. The van der Waals surface area contributed by atoms with Crippen molar-refractivity contribution in [2.75, 3.05) is 12.3 Å². The van der Waals surface area contributed by atoms with E-state index in [-0.39, 0.29) is 0 Å². The van der Waals surface area contributed by atoms with E-state index >= 15 is 0 Å². The summed E-state index contributed by atoms with van der Waals surface area (Å²) in [6, 6.07) is 7.67. The van der Waals surface area contributed by atoms with Gasteiger partial charge in [-0.1, -0.05) is 29.8 Å². The molecule has 0 unspecified atom stereocenters. The molecule has 1 aromatic carbocycles. The van der Waals surface area contributed by atoms with E-state index in [1.807, 2.05) is 24.3 Å². The summed E-state index contributed by atoms with van der Waals surface area (Å²) in [7, 11) is 0. The zero-order valence-corrected chi connectivity index (χ0v) is 10.2. The van der Waals surface area contributed by atoms with Crippen LogP contribution in [-0.2, 0) is 13.0 Å². The fourth-order valence-electron chi connectivity index (χ4n) is 1.70. The SMILES string of the molecule is NCCc1cnn(Cc2ccccc2Cl)c1N. The molecule has 0 aliphatic heterocycles. The van der Waals surface area contributed by atoms with Crippen LogP contribution in [-0.4, -0.2) is 16.3 Å². The van der Waals surface area contributed by atoms with Crippen molar-refractivity contribution in [1.82, 2.24) is 9.78 Å². The van der Waals surface area contributed by atoms with Crippen molar-refractivity contribution < 1.29 is 0 Å². The highest BCUT2D eigenvalue weighted by Gasteiger charge is 2.08. The summed E-state index contributed by atoms with van der Waals surface area (Å²) in [5.41, 5.74) is 13.5. The Bertz CT molecular complexity index is 507. The Morgan fingerprint density at radius 2 is 2.00 bits per heavy atom. The van der Waals surface area contributed by atoms with E-state index in [4.69, 9.17) is 23.1 Å². The van der Waals surface area contributed by atoms with Gasteiger partial charge in [-0.25, -0.2) is 4.68 Å². The van der Waals surface area contributed by atoms with Gasteiger partial charge in [-0.3, -0.25) is 0 Å². The maximum Gasteiger partial charge on any atom is 0.125 e. The summed E-state index contributed by atoms with van der Waals surface area (Å²) >= 11 is 6.09. The molecular formula is C12H15ClN4. The molecular weight excluding hydrogens is 236 g/mol. The Morgan fingerprint density at radius 1 is 1.24 bits per heavy atom. The minimum atomic E-state index is 0.571. The number of hydrogen-bond acceptors (Lipinski definition) is 3. The van der Waals surface area contributed by atoms with E-state index in [2.05, 4.69) is 5.10 Å². The Kier molecular flexibility index (Phi) is 3.66. The zero-order chi connectivity index (χ0) is 12.3. The van der Waals surface area contributed by atoms with E-state index in [1.54, 1.807) is 10.9 Å². The van der Waals surface area contributed by atoms with Crippen molar-refractivity contribution in [2.45, 2.75) is 13.0 Å². The van der Waals surface area contributed by atoms with Crippen LogP contribution in [0.25, 0.3) is 0 Å². The smallest absolute Gasteiger partial charge is 0.125 e. The van der Waals surface area contributed by atoms with Crippen molar-refractivity contribution in [2.24, 2.45) is 5.73 Å². The first kappa shape index (κ1) is 12.0. The normalized spacial score (nSPS) is 10.7. The topological polar surface area (TPSA) is 69.9 Å². The molecule has 0 saturated carbocycles. The zero-order valence-electron chi connectivity index (χ0n) is 9.44. The lowest BCUT2D eigenvalue weighted by Gasteiger charge is -2.06. The fraction of sp³-hybridized carbons (Fsp3) is 0.250. The second-order valence-electron chi connectivity index (χ2n) is 3.84. The van der Waals surface area contributed by atoms with Gasteiger partial charge in [0, 0.05) is 10.6 Å². The molecule has 0 saturated heterocycles. The lowest BCUT2D eigenvalue weighted by Crippen LogP contribution is -2.09. The number of hydrogen-bond donors (Lipinski definition) is 2. The van der Waals surface area contributed by atoms with Gasteiger partial charge in [0.2, 0.25) is 0 Å². The summed E-state index contributed by atoms with van der Waals surface area (Å²) in [4.78, 5) is 0. The van der Waals surface area contributed by atoms with E-state index in [1.165, 1.54) is 0 Å². The molecule has 1 heterocycles. The molecule has 0 radical (unpaired) electrons. The van der Waals surface area contributed by atoms with Crippen LogP contribution in [0.3, 0.4) is 0 Å². The van der Waals surface area contributed by atoms with E-state index in [0.717, 1.165) is 22.6 Å².